The molecule has 0 spiro atoms. The number of carbonyl (C=O) groups is 1. The Hall–Kier alpha value is -2.40. The maximum atomic E-state index is 11.4. The first-order chi connectivity index (χ1) is 11.7. The van der Waals surface area contributed by atoms with Crippen molar-refractivity contribution in [1.29, 1.82) is 0 Å². The van der Waals surface area contributed by atoms with Gasteiger partial charge in [0.25, 0.3) is 0 Å². The zero-order valence-electron chi connectivity index (χ0n) is 13.8. The Labute approximate surface area is 141 Å². The molecule has 0 amide bonds. The lowest BCUT2D eigenvalue weighted by Crippen LogP contribution is -2.33. The van der Waals surface area contributed by atoms with Crippen molar-refractivity contribution >= 4 is 5.97 Å². The number of rotatable bonds is 5. The molecule has 5 heteroatoms. The number of nitrogens with zero attached hydrogens (tertiary/aromatic N) is 2. The lowest BCUT2D eigenvalue weighted by molar-refractivity contribution is 0.0691. The molecule has 24 heavy (non-hydrogen) atoms. The van der Waals surface area contributed by atoms with E-state index in [0.29, 0.717) is 12.2 Å². The van der Waals surface area contributed by atoms with Crippen LogP contribution in [0.1, 0.15) is 46.9 Å². The summed E-state index contributed by atoms with van der Waals surface area (Å²) in [6.07, 6.45) is 5.04. The van der Waals surface area contributed by atoms with Crippen LogP contribution in [0.3, 0.4) is 0 Å². The molecule has 0 radical (unpaired) electrons. The molecule has 1 unspecified atom stereocenters. The third-order valence-corrected chi connectivity index (χ3v) is 4.59. The molecular weight excluding hydrogens is 304 g/mol. The average Bonchev–Trinajstić information content (AvgIpc) is 2.62. The molecule has 1 aliphatic heterocycles. The predicted molar refractivity (Wildman–Crippen MR) is 91.2 cm³/mol. The molecule has 1 saturated heterocycles. The molecule has 1 aromatic carbocycles. The number of carboxylic acid groups (broad SMARTS) is 1. The molecule has 1 atom stereocenters. The minimum absolute atomic E-state index is 0.285. The van der Waals surface area contributed by atoms with Gasteiger partial charge in [-0.15, -0.1) is 0 Å². The highest BCUT2D eigenvalue weighted by Gasteiger charge is 2.25. The molecule has 126 valence electrons. The Kier molecular flexibility index (Phi) is 5.11. The molecule has 2 aromatic rings. The number of pyridine rings is 1. The van der Waals surface area contributed by atoms with Gasteiger partial charge in [-0.25, -0.2) is 4.79 Å². The van der Waals surface area contributed by atoms with Crippen molar-refractivity contribution in [3.05, 3.63) is 59.4 Å². The van der Waals surface area contributed by atoms with E-state index in [4.69, 9.17) is 4.74 Å². The molecule has 1 aromatic heterocycles. The summed E-state index contributed by atoms with van der Waals surface area (Å²) in [7, 11) is 1.66. The fourth-order valence-electron chi connectivity index (χ4n) is 3.33. The quantitative estimate of drug-likeness (QED) is 0.911. The van der Waals surface area contributed by atoms with E-state index in [1.807, 2.05) is 12.1 Å². The second kappa shape index (κ2) is 7.45. The number of ether oxygens (including phenoxy) is 1. The lowest BCUT2D eigenvalue weighted by atomic mass is 9.94. The van der Waals surface area contributed by atoms with E-state index in [-0.39, 0.29) is 11.6 Å². The number of piperidine rings is 1. The van der Waals surface area contributed by atoms with Gasteiger partial charge in [0.15, 0.2) is 0 Å². The van der Waals surface area contributed by atoms with Crippen LogP contribution in [0, 0.1) is 0 Å². The van der Waals surface area contributed by atoms with E-state index in [0.717, 1.165) is 25.1 Å². The van der Waals surface area contributed by atoms with Gasteiger partial charge in [0.2, 0.25) is 0 Å². The largest absolute Gasteiger partial charge is 0.497 e. The summed E-state index contributed by atoms with van der Waals surface area (Å²) in [4.78, 5) is 18.1. The van der Waals surface area contributed by atoms with Crippen molar-refractivity contribution < 1.29 is 14.6 Å². The minimum Gasteiger partial charge on any atom is -0.497 e. The van der Waals surface area contributed by atoms with E-state index >= 15 is 0 Å². The van der Waals surface area contributed by atoms with Gasteiger partial charge in [0.05, 0.1) is 18.4 Å². The Morgan fingerprint density at radius 3 is 2.79 bits per heavy atom. The summed E-state index contributed by atoms with van der Waals surface area (Å²) in [5.41, 5.74) is 2.16. The second-order valence-electron chi connectivity index (χ2n) is 6.06. The van der Waals surface area contributed by atoms with Crippen LogP contribution in [0.15, 0.2) is 42.6 Å². The highest BCUT2D eigenvalue weighted by molar-refractivity contribution is 5.88. The van der Waals surface area contributed by atoms with Crippen LogP contribution in [-0.2, 0) is 6.54 Å². The van der Waals surface area contributed by atoms with Crippen molar-refractivity contribution in [3.63, 3.8) is 0 Å². The lowest BCUT2D eigenvalue weighted by Gasteiger charge is -2.36. The van der Waals surface area contributed by atoms with Crippen molar-refractivity contribution in [2.24, 2.45) is 0 Å². The summed E-state index contributed by atoms with van der Waals surface area (Å²) in [6, 6.07) is 11.7. The van der Waals surface area contributed by atoms with Gasteiger partial charge >= 0.3 is 5.97 Å². The first-order valence-corrected chi connectivity index (χ1v) is 8.24. The summed E-state index contributed by atoms with van der Waals surface area (Å²) >= 11 is 0. The van der Waals surface area contributed by atoms with Gasteiger partial charge in [-0.2, -0.15) is 0 Å². The van der Waals surface area contributed by atoms with E-state index < -0.39 is 5.97 Å². The van der Waals surface area contributed by atoms with Crippen molar-refractivity contribution in [3.8, 4) is 5.75 Å². The SMILES string of the molecule is COc1ccc(C2CCCCN2Cc2ncccc2C(=O)O)cc1. The van der Waals surface area contributed by atoms with E-state index in [1.54, 1.807) is 25.4 Å². The highest BCUT2D eigenvalue weighted by Crippen LogP contribution is 2.33. The maximum absolute atomic E-state index is 11.4. The van der Waals surface area contributed by atoms with Crippen LogP contribution in [0.2, 0.25) is 0 Å². The van der Waals surface area contributed by atoms with Crippen LogP contribution >= 0.6 is 0 Å². The topological polar surface area (TPSA) is 62.7 Å². The van der Waals surface area contributed by atoms with Crippen LogP contribution in [-0.4, -0.2) is 34.6 Å². The van der Waals surface area contributed by atoms with Crippen molar-refractivity contribution in [1.82, 2.24) is 9.88 Å². The number of likely N-dealkylation sites (tertiary alicyclic amines) is 1. The summed E-state index contributed by atoms with van der Waals surface area (Å²) < 4.78 is 5.23. The summed E-state index contributed by atoms with van der Waals surface area (Å²) in [5.74, 6) is -0.0740. The van der Waals surface area contributed by atoms with Gasteiger partial charge in [-0.3, -0.25) is 9.88 Å². The fourth-order valence-corrected chi connectivity index (χ4v) is 3.33. The van der Waals surface area contributed by atoms with Gasteiger partial charge in [0, 0.05) is 18.8 Å². The molecule has 3 rings (SSSR count). The fraction of sp³-hybridized carbons (Fsp3) is 0.368. The molecular formula is C19H22N2O3. The van der Waals surface area contributed by atoms with Crippen LogP contribution in [0.4, 0.5) is 0 Å². The van der Waals surface area contributed by atoms with Crippen molar-refractivity contribution in [2.75, 3.05) is 13.7 Å². The molecule has 5 nitrogen and oxygen atoms in total. The molecule has 0 bridgehead atoms. The monoisotopic (exact) mass is 326 g/mol. The number of aromatic carboxylic acids is 1. The Balaban J connectivity index is 1.83. The van der Waals surface area contributed by atoms with Gasteiger partial charge in [0.1, 0.15) is 5.75 Å². The minimum atomic E-state index is -0.920. The maximum Gasteiger partial charge on any atom is 0.337 e. The number of aromatic nitrogens is 1. The van der Waals surface area contributed by atoms with Gasteiger partial charge < -0.3 is 9.84 Å². The zero-order chi connectivity index (χ0) is 16.9. The Morgan fingerprint density at radius 1 is 1.29 bits per heavy atom. The van der Waals surface area contributed by atoms with E-state index in [9.17, 15) is 9.90 Å². The third-order valence-electron chi connectivity index (χ3n) is 4.59. The molecule has 0 saturated carbocycles. The Bertz CT molecular complexity index is 700. The normalized spacial score (nSPS) is 18.3. The van der Waals surface area contributed by atoms with Gasteiger partial charge in [-0.1, -0.05) is 18.6 Å². The first kappa shape index (κ1) is 16.5. The number of hydrogen-bond donors (Lipinski definition) is 1. The number of methoxy groups -OCH3 is 1. The molecule has 0 aliphatic carbocycles. The second-order valence-corrected chi connectivity index (χ2v) is 6.06. The third kappa shape index (κ3) is 3.57. The molecule has 1 fully saturated rings. The first-order valence-electron chi connectivity index (χ1n) is 8.24. The standard InChI is InChI=1S/C19H22N2O3/c1-24-15-9-7-14(8-10-15)18-6-2-3-12-21(18)13-17-16(19(22)23)5-4-11-20-17/h4-5,7-11,18H,2-3,6,12-13H2,1H3,(H,22,23). The van der Waals surface area contributed by atoms with E-state index in [1.165, 1.54) is 12.0 Å². The number of hydrogen-bond acceptors (Lipinski definition) is 4. The van der Waals surface area contributed by atoms with E-state index in [2.05, 4.69) is 22.0 Å². The van der Waals surface area contributed by atoms with Crippen LogP contribution < -0.4 is 4.74 Å². The molecule has 1 aliphatic rings. The van der Waals surface area contributed by atoms with Crippen LogP contribution in [0.25, 0.3) is 0 Å². The van der Waals surface area contributed by atoms with Crippen LogP contribution in [0.5, 0.6) is 5.75 Å². The number of carboxylic acids is 1. The van der Waals surface area contributed by atoms with Gasteiger partial charge in [-0.05, 0) is 49.2 Å². The molecule has 2 heterocycles. The molecule has 1 N–H and O–H groups in total. The average molecular weight is 326 g/mol. The van der Waals surface area contributed by atoms with Crippen molar-refractivity contribution in [2.45, 2.75) is 31.8 Å². The number of benzene rings is 1. The summed E-state index contributed by atoms with van der Waals surface area (Å²) in [5, 5.41) is 9.36. The predicted octanol–water partition coefficient (Wildman–Crippen LogP) is 3.52. The summed E-state index contributed by atoms with van der Waals surface area (Å²) in [6.45, 7) is 1.51. The Morgan fingerprint density at radius 2 is 2.08 bits per heavy atom. The zero-order valence-corrected chi connectivity index (χ0v) is 13.8. The highest BCUT2D eigenvalue weighted by atomic mass is 16.5. The smallest absolute Gasteiger partial charge is 0.337 e.